The Morgan fingerprint density at radius 2 is 1.82 bits per heavy atom. The number of aromatic amines is 1. The Balaban J connectivity index is 1.38. The lowest BCUT2D eigenvalue weighted by atomic mass is 9.77. The predicted molar refractivity (Wildman–Crippen MR) is 128 cm³/mol. The topological polar surface area (TPSA) is 108 Å². The minimum Gasteiger partial charge on any atom is -0.399 e. The van der Waals surface area contributed by atoms with Gasteiger partial charge in [0.2, 0.25) is 0 Å². The highest BCUT2D eigenvalue weighted by Gasteiger charge is 2.29. The summed E-state index contributed by atoms with van der Waals surface area (Å²) in [7, 11) is 0. The molecule has 0 atom stereocenters. The van der Waals surface area contributed by atoms with Gasteiger partial charge in [0.15, 0.2) is 11.6 Å². The van der Waals surface area contributed by atoms with Crippen LogP contribution in [0.5, 0.6) is 0 Å². The number of nitrogens with two attached hydrogens (primary N) is 1. The number of nitrogens with zero attached hydrogens (tertiary/aromatic N) is 3. The number of anilines is 1. The number of likely N-dealkylation sites (tertiary alicyclic amines) is 1. The number of nitrogen functional groups attached to an aromatic ring is 1. The van der Waals surface area contributed by atoms with E-state index in [1.807, 2.05) is 30.0 Å². The van der Waals surface area contributed by atoms with Crippen LogP contribution >= 0.6 is 0 Å². The van der Waals surface area contributed by atoms with E-state index in [2.05, 4.69) is 33.4 Å². The van der Waals surface area contributed by atoms with E-state index in [9.17, 15) is 9.90 Å². The molecule has 172 valence electrons. The van der Waals surface area contributed by atoms with Crippen molar-refractivity contribution in [3.8, 4) is 11.4 Å². The third kappa shape index (κ3) is 4.25. The Morgan fingerprint density at radius 1 is 1.09 bits per heavy atom. The zero-order valence-electron chi connectivity index (χ0n) is 19.1. The van der Waals surface area contributed by atoms with Gasteiger partial charge in [-0.25, -0.2) is 0 Å². The summed E-state index contributed by atoms with van der Waals surface area (Å²) in [6.07, 6.45) is 5.43. The summed E-state index contributed by atoms with van der Waals surface area (Å²) in [4.78, 5) is 18.6. The molecule has 4 N–H and O–H groups in total. The number of H-pyrrole nitrogens is 1. The summed E-state index contributed by atoms with van der Waals surface area (Å²) in [6.45, 7) is 3.32. The molecule has 0 spiro atoms. The Morgan fingerprint density at radius 3 is 2.42 bits per heavy atom. The van der Waals surface area contributed by atoms with Crippen LogP contribution in [0.15, 0.2) is 36.4 Å². The van der Waals surface area contributed by atoms with Gasteiger partial charge in [0.25, 0.3) is 5.91 Å². The lowest BCUT2D eigenvalue weighted by molar-refractivity contribution is 0.0712. The number of benzene rings is 2. The van der Waals surface area contributed by atoms with Crippen LogP contribution in [0.2, 0.25) is 0 Å². The van der Waals surface area contributed by atoms with Crippen molar-refractivity contribution in [1.29, 1.82) is 0 Å². The predicted octanol–water partition coefficient (Wildman–Crippen LogP) is 4.14. The normalized spacial score (nSPS) is 17.2. The van der Waals surface area contributed by atoms with Crippen LogP contribution in [0.4, 0.5) is 5.69 Å². The first-order valence-electron chi connectivity index (χ1n) is 11.9. The number of carbonyl (C=O) groups excluding carboxylic acids is 1. The van der Waals surface area contributed by atoms with Gasteiger partial charge in [-0.05, 0) is 79.3 Å². The Kier molecular flexibility index (Phi) is 5.89. The van der Waals surface area contributed by atoms with Crippen LogP contribution in [0, 0.1) is 6.92 Å². The minimum atomic E-state index is -0.188. The number of aliphatic hydroxyl groups is 1. The molecule has 2 aromatic carbocycles. The van der Waals surface area contributed by atoms with Gasteiger partial charge in [0, 0.05) is 29.9 Å². The van der Waals surface area contributed by atoms with E-state index in [0.717, 1.165) is 61.2 Å². The minimum absolute atomic E-state index is 0.0755. The van der Waals surface area contributed by atoms with Gasteiger partial charge in [-0.3, -0.25) is 4.79 Å². The van der Waals surface area contributed by atoms with E-state index in [4.69, 9.17) is 5.73 Å². The summed E-state index contributed by atoms with van der Waals surface area (Å²) in [5.41, 5.74) is 11.8. The molecule has 0 bridgehead atoms. The molecule has 2 aliphatic rings. The van der Waals surface area contributed by atoms with Gasteiger partial charge >= 0.3 is 0 Å². The van der Waals surface area contributed by atoms with Crippen molar-refractivity contribution in [2.24, 2.45) is 0 Å². The van der Waals surface area contributed by atoms with E-state index >= 15 is 0 Å². The van der Waals surface area contributed by atoms with Crippen molar-refractivity contribution >= 4 is 11.6 Å². The van der Waals surface area contributed by atoms with Crippen LogP contribution in [0.3, 0.4) is 0 Å². The molecule has 1 aromatic heterocycles. The molecule has 1 aliphatic heterocycles. The molecule has 1 saturated heterocycles. The number of rotatable bonds is 5. The van der Waals surface area contributed by atoms with Crippen molar-refractivity contribution in [1.82, 2.24) is 20.1 Å². The van der Waals surface area contributed by atoms with E-state index in [-0.39, 0.29) is 12.5 Å². The molecule has 1 amide bonds. The summed E-state index contributed by atoms with van der Waals surface area (Å²) in [5.74, 6) is 2.07. The molecule has 1 aliphatic carbocycles. The summed E-state index contributed by atoms with van der Waals surface area (Å²) < 4.78 is 0. The number of aliphatic hydroxyl groups excluding tert-OH is 1. The first-order valence-corrected chi connectivity index (χ1v) is 11.9. The standard InChI is InChI=1S/C26H31N5O2/c1-16-13-22(19-3-2-4-19)23(25-28-24(15-32)29-30-25)14-21(16)26(33)31-11-9-18(10-12-31)17-5-7-20(27)8-6-17/h5-8,13-14,18-19,32H,2-4,9-12,15,27H2,1H3,(H,28,29,30). The molecular weight excluding hydrogens is 414 g/mol. The van der Waals surface area contributed by atoms with Crippen LogP contribution in [0.1, 0.15) is 76.8 Å². The molecule has 0 unspecified atom stereocenters. The number of nitrogens with one attached hydrogen (secondary N) is 1. The van der Waals surface area contributed by atoms with Gasteiger partial charge in [0.05, 0.1) is 0 Å². The fourth-order valence-corrected chi connectivity index (χ4v) is 5.07. The van der Waals surface area contributed by atoms with Crippen LogP contribution in [-0.2, 0) is 6.61 Å². The quantitative estimate of drug-likeness (QED) is 0.512. The monoisotopic (exact) mass is 445 g/mol. The molecule has 3 aromatic rings. The van der Waals surface area contributed by atoms with Crippen molar-refractivity contribution in [2.75, 3.05) is 18.8 Å². The van der Waals surface area contributed by atoms with E-state index < -0.39 is 0 Å². The fourth-order valence-electron chi connectivity index (χ4n) is 5.07. The molecule has 2 fully saturated rings. The van der Waals surface area contributed by atoms with E-state index in [0.29, 0.717) is 23.5 Å². The van der Waals surface area contributed by atoms with Crippen LogP contribution < -0.4 is 5.73 Å². The molecule has 7 heteroatoms. The number of aryl methyl sites for hydroxylation is 1. The average Bonchev–Trinajstić information content (AvgIpc) is 3.27. The second kappa shape index (κ2) is 8.98. The van der Waals surface area contributed by atoms with Crippen molar-refractivity contribution in [3.63, 3.8) is 0 Å². The van der Waals surface area contributed by atoms with Gasteiger partial charge in [-0.15, -0.1) is 10.2 Å². The second-order valence-corrected chi connectivity index (χ2v) is 9.39. The number of hydrogen-bond acceptors (Lipinski definition) is 5. The first-order chi connectivity index (χ1) is 16.0. The highest BCUT2D eigenvalue weighted by Crippen LogP contribution is 2.42. The zero-order valence-corrected chi connectivity index (χ0v) is 19.1. The smallest absolute Gasteiger partial charge is 0.254 e. The molecule has 1 saturated carbocycles. The fraction of sp³-hybridized carbons (Fsp3) is 0.423. The third-order valence-corrected chi connectivity index (χ3v) is 7.30. The number of amides is 1. The van der Waals surface area contributed by atoms with Gasteiger partial charge in [0.1, 0.15) is 6.61 Å². The molecule has 7 nitrogen and oxygen atoms in total. The molecule has 5 rings (SSSR count). The zero-order chi connectivity index (χ0) is 22.9. The molecular formula is C26H31N5O2. The molecule has 0 radical (unpaired) electrons. The largest absolute Gasteiger partial charge is 0.399 e. The van der Waals surface area contributed by atoms with Crippen LogP contribution in [-0.4, -0.2) is 44.2 Å². The Bertz CT molecular complexity index is 1140. The third-order valence-electron chi connectivity index (χ3n) is 7.30. The molecule has 33 heavy (non-hydrogen) atoms. The maximum atomic E-state index is 13.5. The maximum Gasteiger partial charge on any atom is 0.254 e. The Labute approximate surface area is 194 Å². The highest BCUT2D eigenvalue weighted by molar-refractivity contribution is 5.97. The van der Waals surface area contributed by atoms with Crippen LogP contribution in [0.25, 0.3) is 11.4 Å². The SMILES string of the molecule is Cc1cc(C2CCC2)c(-c2nnc(CO)[nH]2)cc1C(=O)N1CCC(c2ccc(N)cc2)CC1. The van der Waals surface area contributed by atoms with E-state index in [1.54, 1.807) is 0 Å². The number of piperidine rings is 1. The number of hydrogen-bond donors (Lipinski definition) is 3. The van der Waals surface area contributed by atoms with Crippen molar-refractivity contribution < 1.29 is 9.90 Å². The summed E-state index contributed by atoms with van der Waals surface area (Å²) >= 11 is 0. The Hall–Kier alpha value is -3.19. The van der Waals surface area contributed by atoms with Gasteiger partial charge in [-0.1, -0.05) is 24.6 Å². The van der Waals surface area contributed by atoms with Crippen molar-refractivity contribution in [3.05, 3.63) is 64.5 Å². The van der Waals surface area contributed by atoms with E-state index in [1.165, 1.54) is 17.5 Å². The summed E-state index contributed by atoms with van der Waals surface area (Å²) in [6, 6.07) is 12.3. The van der Waals surface area contributed by atoms with Gasteiger partial charge in [-0.2, -0.15) is 0 Å². The van der Waals surface area contributed by atoms with Gasteiger partial charge < -0.3 is 20.7 Å². The lowest BCUT2D eigenvalue weighted by Gasteiger charge is -2.33. The number of aromatic nitrogens is 3. The first kappa shape index (κ1) is 21.6. The highest BCUT2D eigenvalue weighted by atomic mass is 16.3. The maximum absolute atomic E-state index is 13.5. The second-order valence-electron chi connectivity index (χ2n) is 9.39. The number of carbonyl (C=O) groups is 1. The lowest BCUT2D eigenvalue weighted by Crippen LogP contribution is -2.38. The molecule has 2 heterocycles. The summed E-state index contributed by atoms with van der Waals surface area (Å²) in [5, 5.41) is 17.7. The van der Waals surface area contributed by atoms with Crippen molar-refractivity contribution in [2.45, 2.75) is 57.5 Å². The average molecular weight is 446 g/mol.